The second-order valence-electron chi connectivity index (χ2n) is 2.69. The van der Waals surface area contributed by atoms with E-state index in [1.807, 2.05) is 11.5 Å². The molecule has 0 saturated carbocycles. The lowest BCUT2D eigenvalue weighted by molar-refractivity contribution is 0.0953. The maximum Gasteiger partial charge on any atom is 0.265 e. The SMILES string of the molecule is N#CCC#Cc1cccc(C(=O)NN)c1. The Hall–Kier alpha value is -2.30. The third kappa shape index (κ3) is 3.15. The summed E-state index contributed by atoms with van der Waals surface area (Å²) in [5, 5.41) is 8.29. The molecule has 0 heterocycles. The standard InChI is InChI=1S/C11H9N3O/c12-7-2-1-4-9-5-3-6-10(8-9)11(15)14-13/h3,5-6,8H,2,13H2,(H,14,15). The summed E-state index contributed by atoms with van der Waals surface area (Å²) < 4.78 is 0. The number of benzene rings is 1. The molecule has 4 heteroatoms. The average molecular weight is 199 g/mol. The molecule has 74 valence electrons. The number of hydrogen-bond donors (Lipinski definition) is 2. The number of amides is 1. The number of nitrogens with two attached hydrogens (primary N) is 1. The van der Waals surface area contributed by atoms with Gasteiger partial charge in [-0.2, -0.15) is 5.26 Å². The second kappa shape index (κ2) is 5.43. The smallest absolute Gasteiger partial charge is 0.265 e. The maximum atomic E-state index is 11.2. The van der Waals surface area contributed by atoms with Crippen LogP contribution in [0.25, 0.3) is 0 Å². The van der Waals surface area contributed by atoms with E-state index in [4.69, 9.17) is 11.1 Å². The zero-order valence-electron chi connectivity index (χ0n) is 7.95. The van der Waals surface area contributed by atoms with E-state index < -0.39 is 0 Å². The molecule has 0 atom stereocenters. The lowest BCUT2D eigenvalue weighted by Crippen LogP contribution is -2.29. The largest absolute Gasteiger partial charge is 0.290 e. The van der Waals surface area contributed by atoms with Gasteiger partial charge in [0.1, 0.15) is 0 Å². The second-order valence-corrected chi connectivity index (χ2v) is 2.69. The molecule has 0 aromatic heterocycles. The molecule has 0 aliphatic rings. The summed E-state index contributed by atoms with van der Waals surface area (Å²) >= 11 is 0. The summed E-state index contributed by atoms with van der Waals surface area (Å²) in [7, 11) is 0. The fourth-order valence-electron chi connectivity index (χ4n) is 1.01. The first kappa shape index (κ1) is 10.8. The van der Waals surface area contributed by atoms with Gasteiger partial charge in [-0.1, -0.05) is 17.9 Å². The van der Waals surface area contributed by atoms with Gasteiger partial charge in [0.25, 0.3) is 5.91 Å². The molecule has 0 aliphatic carbocycles. The van der Waals surface area contributed by atoms with Crippen LogP contribution in [-0.4, -0.2) is 5.91 Å². The summed E-state index contributed by atoms with van der Waals surface area (Å²) in [5.74, 6) is 10.1. The van der Waals surface area contributed by atoms with Crippen LogP contribution in [0.15, 0.2) is 24.3 Å². The molecular formula is C11H9N3O. The summed E-state index contributed by atoms with van der Waals surface area (Å²) in [6.45, 7) is 0. The van der Waals surface area contributed by atoms with Crippen LogP contribution in [0.4, 0.5) is 0 Å². The van der Waals surface area contributed by atoms with E-state index >= 15 is 0 Å². The van der Waals surface area contributed by atoms with Gasteiger partial charge < -0.3 is 0 Å². The molecular weight excluding hydrogens is 190 g/mol. The Labute approximate surface area is 87.7 Å². The van der Waals surface area contributed by atoms with Gasteiger partial charge in [-0.3, -0.25) is 10.2 Å². The molecule has 1 rings (SSSR count). The van der Waals surface area contributed by atoms with Crippen molar-refractivity contribution in [3.8, 4) is 17.9 Å². The van der Waals surface area contributed by atoms with Crippen LogP contribution in [0.1, 0.15) is 22.3 Å². The van der Waals surface area contributed by atoms with Gasteiger partial charge in [-0.25, -0.2) is 5.84 Å². The first-order valence-corrected chi connectivity index (χ1v) is 4.24. The Morgan fingerprint density at radius 3 is 3.00 bits per heavy atom. The minimum atomic E-state index is -0.362. The lowest BCUT2D eigenvalue weighted by atomic mass is 10.1. The van der Waals surface area contributed by atoms with Crippen LogP contribution in [0, 0.1) is 23.2 Å². The topological polar surface area (TPSA) is 78.9 Å². The quantitative estimate of drug-likeness (QED) is 0.300. The fourth-order valence-corrected chi connectivity index (χ4v) is 1.01. The van der Waals surface area contributed by atoms with Gasteiger partial charge in [0.15, 0.2) is 0 Å². The van der Waals surface area contributed by atoms with Gasteiger partial charge in [0, 0.05) is 11.1 Å². The first-order valence-electron chi connectivity index (χ1n) is 4.24. The average Bonchev–Trinajstić information content (AvgIpc) is 2.29. The molecule has 15 heavy (non-hydrogen) atoms. The highest BCUT2D eigenvalue weighted by atomic mass is 16.2. The normalized spacial score (nSPS) is 8.27. The van der Waals surface area contributed by atoms with E-state index in [2.05, 4.69) is 11.8 Å². The third-order valence-electron chi connectivity index (χ3n) is 1.66. The molecule has 1 amide bonds. The fraction of sp³-hybridized carbons (Fsp3) is 0.0909. The molecule has 0 fully saturated rings. The number of carbonyl (C=O) groups is 1. The number of nitrogen functional groups attached to an aromatic ring is 1. The van der Waals surface area contributed by atoms with E-state index in [9.17, 15) is 4.79 Å². The maximum absolute atomic E-state index is 11.2. The molecule has 0 unspecified atom stereocenters. The van der Waals surface area contributed by atoms with Crippen molar-refractivity contribution in [3.63, 3.8) is 0 Å². The molecule has 0 radical (unpaired) electrons. The highest BCUT2D eigenvalue weighted by Crippen LogP contribution is 2.03. The zero-order chi connectivity index (χ0) is 11.1. The van der Waals surface area contributed by atoms with Gasteiger partial charge in [-0.05, 0) is 18.2 Å². The number of carbonyl (C=O) groups excluding carboxylic acids is 1. The number of rotatable bonds is 1. The Morgan fingerprint density at radius 1 is 1.53 bits per heavy atom. The van der Waals surface area contributed by atoms with Gasteiger partial charge in [-0.15, -0.1) is 0 Å². The van der Waals surface area contributed by atoms with E-state index in [0.717, 1.165) is 0 Å². The van der Waals surface area contributed by atoms with Crippen LogP contribution >= 0.6 is 0 Å². The molecule has 0 saturated heterocycles. The molecule has 4 nitrogen and oxygen atoms in total. The van der Waals surface area contributed by atoms with E-state index in [1.54, 1.807) is 24.3 Å². The Kier molecular flexibility index (Phi) is 3.91. The highest BCUT2D eigenvalue weighted by molar-refractivity contribution is 5.94. The Bertz CT molecular complexity index is 463. The summed E-state index contributed by atoms with van der Waals surface area (Å²) in [4.78, 5) is 11.2. The number of nitriles is 1. The van der Waals surface area contributed by atoms with Crippen molar-refractivity contribution in [2.45, 2.75) is 6.42 Å². The molecule has 3 N–H and O–H groups in total. The Balaban J connectivity index is 2.90. The molecule has 0 aliphatic heterocycles. The number of nitrogens with zero attached hydrogens (tertiary/aromatic N) is 1. The Morgan fingerprint density at radius 2 is 2.33 bits per heavy atom. The lowest BCUT2D eigenvalue weighted by Gasteiger charge is -1.98. The van der Waals surface area contributed by atoms with E-state index in [1.165, 1.54) is 0 Å². The minimum absolute atomic E-state index is 0.174. The van der Waals surface area contributed by atoms with Gasteiger partial charge in [0.05, 0.1) is 12.5 Å². The van der Waals surface area contributed by atoms with Crippen molar-refractivity contribution in [1.82, 2.24) is 5.43 Å². The monoisotopic (exact) mass is 199 g/mol. The molecule has 0 spiro atoms. The molecule has 1 aromatic rings. The van der Waals surface area contributed by atoms with Crippen LogP contribution < -0.4 is 11.3 Å². The molecule has 1 aromatic carbocycles. The van der Waals surface area contributed by atoms with Crippen molar-refractivity contribution < 1.29 is 4.79 Å². The van der Waals surface area contributed by atoms with E-state index in [-0.39, 0.29) is 12.3 Å². The summed E-state index contributed by atoms with van der Waals surface area (Å²) in [6.07, 6.45) is 0.174. The van der Waals surface area contributed by atoms with Crippen molar-refractivity contribution in [1.29, 1.82) is 5.26 Å². The van der Waals surface area contributed by atoms with Gasteiger partial charge in [0.2, 0.25) is 0 Å². The predicted molar refractivity (Wildman–Crippen MR) is 55.2 cm³/mol. The van der Waals surface area contributed by atoms with Crippen molar-refractivity contribution in [3.05, 3.63) is 35.4 Å². The van der Waals surface area contributed by atoms with Crippen molar-refractivity contribution >= 4 is 5.91 Å². The summed E-state index contributed by atoms with van der Waals surface area (Å²) in [6, 6.07) is 8.64. The number of nitrogens with one attached hydrogen (secondary N) is 1. The minimum Gasteiger partial charge on any atom is -0.290 e. The van der Waals surface area contributed by atoms with Crippen LogP contribution in [-0.2, 0) is 0 Å². The molecule has 0 bridgehead atoms. The van der Waals surface area contributed by atoms with Crippen molar-refractivity contribution in [2.24, 2.45) is 5.84 Å². The number of hydrogen-bond acceptors (Lipinski definition) is 3. The summed E-state index contributed by atoms with van der Waals surface area (Å²) in [5.41, 5.74) is 3.17. The van der Waals surface area contributed by atoms with E-state index in [0.29, 0.717) is 11.1 Å². The van der Waals surface area contributed by atoms with Gasteiger partial charge >= 0.3 is 0 Å². The van der Waals surface area contributed by atoms with Crippen LogP contribution in [0.3, 0.4) is 0 Å². The van der Waals surface area contributed by atoms with Crippen LogP contribution in [0.2, 0.25) is 0 Å². The van der Waals surface area contributed by atoms with Crippen LogP contribution in [0.5, 0.6) is 0 Å². The predicted octanol–water partition coefficient (Wildman–Crippen LogP) is 0.555. The highest BCUT2D eigenvalue weighted by Gasteiger charge is 2.01. The van der Waals surface area contributed by atoms with Crippen molar-refractivity contribution in [2.75, 3.05) is 0 Å². The first-order chi connectivity index (χ1) is 7.27. The zero-order valence-corrected chi connectivity index (χ0v) is 7.95. The third-order valence-corrected chi connectivity index (χ3v) is 1.66. The number of hydrazine groups is 1.